The molecule has 1 aromatic heterocycles. The standard InChI is InChI=1S/C14H15FN2O3/c1-17(9-14(18)19-2)8-13-16-7-12(20-13)10-3-5-11(15)6-4-10/h3-7H,8-9H2,1-2H3. The van der Waals surface area contributed by atoms with E-state index < -0.39 is 0 Å². The largest absolute Gasteiger partial charge is 0.468 e. The zero-order chi connectivity index (χ0) is 14.5. The monoisotopic (exact) mass is 278 g/mol. The molecule has 0 aliphatic carbocycles. The maximum absolute atomic E-state index is 12.8. The van der Waals surface area contributed by atoms with Gasteiger partial charge in [-0.1, -0.05) is 0 Å². The first kappa shape index (κ1) is 14.2. The van der Waals surface area contributed by atoms with Crippen LogP contribution < -0.4 is 0 Å². The minimum Gasteiger partial charge on any atom is -0.468 e. The average Bonchev–Trinajstić information content (AvgIpc) is 2.87. The van der Waals surface area contributed by atoms with Crippen molar-refractivity contribution in [3.05, 3.63) is 42.2 Å². The second-order valence-electron chi connectivity index (χ2n) is 4.37. The highest BCUT2D eigenvalue weighted by atomic mass is 19.1. The molecule has 1 heterocycles. The molecule has 2 aromatic rings. The SMILES string of the molecule is COC(=O)CN(C)Cc1ncc(-c2ccc(F)cc2)o1. The zero-order valence-electron chi connectivity index (χ0n) is 11.3. The topological polar surface area (TPSA) is 55.6 Å². The van der Waals surface area contributed by atoms with Crippen LogP contribution in [-0.2, 0) is 16.1 Å². The molecule has 0 radical (unpaired) electrons. The van der Waals surface area contributed by atoms with E-state index in [2.05, 4.69) is 9.72 Å². The van der Waals surface area contributed by atoms with Crippen LogP contribution in [0.15, 0.2) is 34.9 Å². The lowest BCUT2D eigenvalue weighted by atomic mass is 10.2. The normalized spacial score (nSPS) is 10.8. The van der Waals surface area contributed by atoms with Crippen molar-refractivity contribution in [3.8, 4) is 11.3 Å². The maximum atomic E-state index is 12.8. The molecule has 20 heavy (non-hydrogen) atoms. The average molecular weight is 278 g/mol. The molecule has 5 nitrogen and oxygen atoms in total. The van der Waals surface area contributed by atoms with Crippen LogP contribution in [0.1, 0.15) is 5.89 Å². The summed E-state index contributed by atoms with van der Waals surface area (Å²) in [5, 5.41) is 0. The van der Waals surface area contributed by atoms with Gasteiger partial charge in [-0.15, -0.1) is 0 Å². The number of aromatic nitrogens is 1. The van der Waals surface area contributed by atoms with Crippen LogP contribution in [0.2, 0.25) is 0 Å². The molecular formula is C14H15FN2O3. The van der Waals surface area contributed by atoms with Crippen LogP contribution >= 0.6 is 0 Å². The molecule has 106 valence electrons. The summed E-state index contributed by atoms with van der Waals surface area (Å²) in [7, 11) is 3.10. The van der Waals surface area contributed by atoms with Gasteiger partial charge in [0.1, 0.15) is 5.82 Å². The van der Waals surface area contributed by atoms with Gasteiger partial charge in [0, 0.05) is 5.56 Å². The summed E-state index contributed by atoms with van der Waals surface area (Å²) in [6, 6.07) is 5.97. The second-order valence-corrected chi connectivity index (χ2v) is 4.37. The molecule has 0 fully saturated rings. The molecule has 0 bridgehead atoms. The Kier molecular flexibility index (Phi) is 4.47. The van der Waals surface area contributed by atoms with Gasteiger partial charge in [-0.3, -0.25) is 9.69 Å². The first-order valence-electron chi connectivity index (χ1n) is 6.04. The number of hydrogen-bond donors (Lipinski definition) is 0. The number of ether oxygens (including phenoxy) is 1. The molecule has 0 atom stereocenters. The van der Waals surface area contributed by atoms with Crippen molar-refractivity contribution < 1.29 is 18.3 Å². The predicted molar refractivity (Wildman–Crippen MR) is 70.2 cm³/mol. The maximum Gasteiger partial charge on any atom is 0.319 e. The van der Waals surface area contributed by atoms with Crippen molar-refractivity contribution in [2.24, 2.45) is 0 Å². The zero-order valence-corrected chi connectivity index (χ0v) is 11.3. The first-order valence-corrected chi connectivity index (χ1v) is 6.04. The second kappa shape index (κ2) is 6.29. The minimum atomic E-state index is -0.321. The number of carbonyl (C=O) groups excluding carboxylic acids is 1. The number of nitrogens with zero attached hydrogens (tertiary/aromatic N) is 2. The van der Waals surface area contributed by atoms with Crippen molar-refractivity contribution in [1.82, 2.24) is 9.88 Å². The number of likely N-dealkylation sites (N-methyl/N-ethyl adjacent to an activating group) is 1. The lowest BCUT2D eigenvalue weighted by Gasteiger charge is -2.12. The van der Waals surface area contributed by atoms with Crippen LogP contribution in [0, 0.1) is 5.82 Å². The highest BCUT2D eigenvalue weighted by molar-refractivity contribution is 5.71. The van der Waals surface area contributed by atoms with Crippen LogP contribution in [0.3, 0.4) is 0 Å². The summed E-state index contributed by atoms with van der Waals surface area (Å²) >= 11 is 0. The van der Waals surface area contributed by atoms with Gasteiger partial charge in [0.05, 0.1) is 26.4 Å². The number of benzene rings is 1. The predicted octanol–water partition coefficient (Wildman–Crippen LogP) is 2.09. The fourth-order valence-electron chi connectivity index (χ4n) is 1.70. The molecule has 0 spiro atoms. The summed E-state index contributed by atoms with van der Waals surface area (Å²) < 4.78 is 23.0. The molecule has 0 amide bonds. The number of halogens is 1. The van der Waals surface area contributed by atoms with E-state index in [9.17, 15) is 9.18 Å². The van der Waals surface area contributed by atoms with Gasteiger partial charge in [-0.2, -0.15) is 0 Å². The van der Waals surface area contributed by atoms with E-state index in [1.807, 2.05) is 0 Å². The fraction of sp³-hybridized carbons (Fsp3) is 0.286. The number of rotatable bonds is 5. The summed E-state index contributed by atoms with van der Waals surface area (Å²) in [6.07, 6.45) is 1.58. The van der Waals surface area contributed by atoms with Gasteiger partial charge in [-0.05, 0) is 31.3 Å². The molecule has 1 aromatic carbocycles. The van der Waals surface area contributed by atoms with E-state index in [1.165, 1.54) is 19.2 Å². The molecule has 0 saturated heterocycles. The summed E-state index contributed by atoms with van der Waals surface area (Å²) in [6.45, 7) is 0.543. The molecule has 0 N–H and O–H groups in total. The van der Waals surface area contributed by atoms with Crippen molar-refractivity contribution in [2.45, 2.75) is 6.54 Å². The van der Waals surface area contributed by atoms with Crippen LogP contribution in [0.25, 0.3) is 11.3 Å². The molecule has 0 aliphatic heterocycles. The number of oxazole rings is 1. The lowest BCUT2D eigenvalue weighted by molar-refractivity contribution is -0.141. The van der Waals surface area contributed by atoms with E-state index in [1.54, 1.807) is 30.3 Å². The first-order chi connectivity index (χ1) is 9.58. The molecule has 0 saturated carbocycles. The Balaban J connectivity index is 2.02. The van der Waals surface area contributed by atoms with Crippen molar-refractivity contribution in [3.63, 3.8) is 0 Å². The van der Waals surface area contributed by atoms with Gasteiger partial charge < -0.3 is 9.15 Å². The van der Waals surface area contributed by atoms with Gasteiger partial charge in [0.25, 0.3) is 0 Å². The highest BCUT2D eigenvalue weighted by Crippen LogP contribution is 2.20. The Labute approximate surface area is 116 Å². The summed E-state index contributed by atoms with van der Waals surface area (Å²) in [5.74, 6) is 0.423. The smallest absolute Gasteiger partial charge is 0.319 e. The number of methoxy groups -OCH3 is 1. The third kappa shape index (κ3) is 3.64. The highest BCUT2D eigenvalue weighted by Gasteiger charge is 2.11. The van der Waals surface area contributed by atoms with Gasteiger partial charge in [0.15, 0.2) is 5.76 Å². The quantitative estimate of drug-likeness (QED) is 0.784. The van der Waals surface area contributed by atoms with Crippen molar-refractivity contribution in [2.75, 3.05) is 20.7 Å². The third-order valence-corrected chi connectivity index (χ3v) is 2.71. The van der Waals surface area contributed by atoms with E-state index >= 15 is 0 Å². The Morgan fingerprint density at radius 2 is 2.10 bits per heavy atom. The Hall–Kier alpha value is -2.21. The van der Waals surface area contributed by atoms with Crippen molar-refractivity contribution in [1.29, 1.82) is 0 Å². The molecule has 2 rings (SSSR count). The lowest BCUT2D eigenvalue weighted by Crippen LogP contribution is -2.26. The van der Waals surface area contributed by atoms with E-state index in [0.717, 1.165) is 5.56 Å². The van der Waals surface area contributed by atoms with Crippen LogP contribution in [0.4, 0.5) is 4.39 Å². The Morgan fingerprint density at radius 1 is 1.40 bits per heavy atom. The van der Waals surface area contributed by atoms with Crippen LogP contribution in [0.5, 0.6) is 0 Å². The molecule has 0 aliphatic rings. The molecular weight excluding hydrogens is 263 g/mol. The molecule has 6 heteroatoms. The van der Waals surface area contributed by atoms with Crippen molar-refractivity contribution >= 4 is 5.97 Å². The van der Waals surface area contributed by atoms with Gasteiger partial charge >= 0.3 is 5.97 Å². The van der Waals surface area contributed by atoms with Gasteiger partial charge in [-0.25, -0.2) is 9.37 Å². The molecule has 0 unspecified atom stereocenters. The summed E-state index contributed by atoms with van der Waals surface area (Å²) in [4.78, 5) is 17.0. The third-order valence-electron chi connectivity index (χ3n) is 2.71. The fourth-order valence-corrected chi connectivity index (χ4v) is 1.70. The number of hydrogen-bond acceptors (Lipinski definition) is 5. The number of carbonyl (C=O) groups is 1. The minimum absolute atomic E-state index is 0.158. The number of esters is 1. The van der Waals surface area contributed by atoms with Gasteiger partial charge in [0.2, 0.25) is 5.89 Å². The van der Waals surface area contributed by atoms with Crippen LogP contribution in [-0.4, -0.2) is 36.6 Å². The van der Waals surface area contributed by atoms with E-state index in [0.29, 0.717) is 18.2 Å². The van der Waals surface area contributed by atoms with E-state index in [4.69, 9.17) is 4.42 Å². The Morgan fingerprint density at radius 3 is 2.75 bits per heavy atom. The Bertz CT molecular complexity index is 580. The van der Waals surface area contributed by atoms with E-state index in [-0.39, 0.29) is 18.3 Å². The summed E-state index contributed by atoms with van der Waals surface area (Å²) in [5.41, 5.74) is 0.751.